The van der Waals surface area contributed by atoms with Crippen LogP contribution in [0.1, 0.15) is 60.3 Å². The minimum Gasteiger partial charge on any atom is -0.388 e. The predicted octanol–water partition coefficient (Wildman–Crippen LogP) is 4.66. The smallest absolute Gasteiger partial charge is 0.0147 e. The van der Waals surface area contributed by atoms with Crippen LogP contribution in [-0.4, -0.2) is 6.54 Å². The molecule has 0 bridgehead atoms. The van der Waals surface area contributed by atoms with E-state index in [1.807, 2.05) is 0 Å². The zero-order valence-corrected chi connectivity index (χ0v) is 12.3. The van der Waals surface area contributed by atoms with E-state index in [1.54, 1.807) is 0 Å². The van der Waals surface area contributed by atoms with Crippen LogP contribution in [0.3, 0.4) is 0 Å². The normalized spacial score (nSPS) is 20.8. The lowest BCUT2D eigenvalue weighted by Crippen LogP contribution is -2.18. The monoisotopic (exact) mass is 235 g/mol. The molecule has 0 radical (unpaired) electrons. The minimum atomic E-state index is 0.319. The molecule has 0 atom stereocenters. The van der Waals surface area contributed by atoms with Gasteiger partial charge in [0.2, 0.25) is 0 Å². The summed E-state index contributed by atoms with van der Waals surface area (Å²) in [5.41, 5.74) is 3.33. The molecular weight excluding hydrogens is 206 g/mol. The van der Waals surface area contributed by atoms with Crippen molar-refractivity contribution in [1.82, 2.24) is 5.32 Å². The maximum Gasteiger partial charge on any atom is 0.0147 e. The Labute approximate surface area is 107 Å². The fraction of sp³-hybridized carbons (Fsp3) is 0.750. The third-order valence-corrected chi connectivity index (χ3v) is 3.50. The van der Waals surface area contributed by atoms with E-state index >= 15 is 0 Å². The first-order valence-corrected chi connectivity index (χ1v) is 7.11. The topological polar surface area (TPSA) is 12.0 Å². The quantitative estimate of drug-likeness (QED) is 0.747. The SMILES string of the molecule is CC/C=C\C1=C(CC(C)C)NCCCC1(C)C. The molecule has 0 spiro atoms. The molecule has 1 N–H and O–H groups in total. The largest absolute Gasteiger partial charge is 0.388 e. The Kier molecular flexibility index (Phi) is 5.30. The van der Waals surface area contributed by atoms with E-state index in [0.717, 1.165) is 18.9 Å². The highest BCUT2D eigenvalue weighted by Crippen LogP contribution is 2.37. The lowest BCUT2D eigenvalue weighted by atomic mass is 9.78. The molecule has 0 aromatic rings. The molecule has 17 heavy (non-hydrogen) atoms. The molecule has 98 valence electrons. The van der Waals surface area contributed by atoms with Crippen LogP contribution in [0.5, 0.6) is 0 Å². The summed E-state index contributed by atoms with van der Waals surface area (Å²) < 4.78 is 0. The van der Waals surface area contributed by atoms with Crippen molar-refractivity contribution in [1.29, 1.82) is 0 Å². The number of hydrogen-bond donors (Lipinski definition) is 1. The molecule has 0 aromatic heterocycles. The Balaban J connectivity index is 3.06. The molecule has 1 heteroatoms. The average Bonchev–Trinajstić information content (AvgIpc) is 2.35. The summed E-state index contributed by atoms with van der Waals surface area (Å²) in [5.74, 6) is 0.719. The highest BCUT2D eigenvalue weighted by molar-refractivity contribution is 5.32. The zero-order valence-electron chi connectivity index (χ0n) is 12.3. The van der Waals surface area contributed by atoms with E-state index in [4.69, 9.17) is 0 Å². The third kappa shape index (κ3) is 4.22. The Morgan fingerprint density at radius 3 is 2.65 bits per heavy atom. The molecule has 0 saturated heterocycles. The summed E-state index contributed by atoms with van der Waals surface area (Å²) in [6.45, 7) is 12.7. The minimum absolute atomic E-state index is 0.319. The molecule has 0 unspecified atom stereocenters. The van der Waals surface area contributed by atoms with Crippen molar-refractivity contribution in [2.75, 3.05) is 6.54 Å². The molecule has 1 heterocycles. The van der Waals surface area contributed by atoms with E-state index < -0.39 is 0 Å². The first kappa shape index (κ1) is 14.3. The van der Waals surface area contributed by atoms with Crippen molar-refractivity contribution in [3.63, 3.8) is 0 Å². The van der Waals surface area contributed by atoms with Gasteiger partial charge in [0.25, 0.3) is 0 Å². The fourth-order valence-corrected chi connectivity index (χ4v) is 2.56. The Hall–Kier alpha value is -0.720. The summed E-state index contributed by atoms with van der Waals surface area (Å²) in [7, 11) is 0. The van der Waals surface area contributed by atoms with Crippen molar-refractivity contribution in [2.24, 2.45) is 11.3 Å². The van der Waals surface area contributed by atoms with Crippen LogP contribution in [0, 0.1) is 11.3 Å². The van der Waals surface area contributed by atoms with Crippen molar-refractivity contribution < 1.29 is 0 Å². The fourth-order valence-electron chi connectivity index (χ4n) is 2.56. The van der Waals surface area contributed by atoms with Crippen molar-refractivity contribution in [2.45, 2.75) is 60.3 Å². The summed E-state index contributed by atoms with van der Waals surface area (Å²) in [6, 6.07) is 0. The lowest BCUT2D eigenvalue weighted by Gasteiger charge is -2.27. The van der Waals surface area contributed by atoms with Gasteiger partial charge in [0.1, 0.15) is 0 Å². The lowest BCUT2D eigenvalue weighted by molar-refractivity contribution is 0.411. The molecule has 1 rings (SSSR count). The van der Waals surface area contributed by atoms with Crippen LogP contribution in [0.4, 0.5) is 0 Å². The third-order valence-electron chi connectivity index (χ3n) is 3.50. The second-order valence-corrected chi connectivity index (χ2v) is 6.22. The molecule has 0 aliphatic carbocycles. The molecular formula is C16H29N. The summed E-state index contributed by atoms with van der Waals surface area (Å²) >= 11 is 0. The molecule has 0 aromatic carbocycles. The van der Waals surface area contributed by atoms with E-state index in [0.29, 0.717) is 5.41 Å². The van der Waals surface area contributed by atoms with Gasteiger partial charge in [-0.25, -0.2) is 0 Å². The van der Waals surface area contributed by atoms with Gasteiger partial charge >= 0.3 is 0 Å². The predicted molar refractivity (Wildman–Crippen MR) is 76.9 cm³/mol. The summed E-state index contributed by atoms with van der Waals surface area (Å²) in [6.07, 6.45) is 9.50. The van der Waals surface area contributed by atoms with Crippen LogP contribution in [0.25, 0.3) is 0 Å². The van der Waals surface area contributed by atoms with Gasteiger partial charge in [-0.05, 0) is 42.6 Å². The highest BCUT2D eigenvalue weighted by atomic mass is 14.9. The second-order valence-electron chi connectivity index (χ2n) is 6.22. The van der Waals surface area contributed by atoms with Crippen LogP contribution < -0.4 is 5.32 Å². The molecule has 1 nitrogen and oxygen atoms in total. The molecule has 0 amide bonds. The number of allylic oxidation sites excluding steroid dienone is 4. The van der Waals surface area contributed by atoms with Crippen LogP contribution in [0.2, 0.25) is 0 Å². The second kappa shape index (κ2) is 6.28. The Bertz CT molecular complexity index is 295. The van der Waals surface area contributed by atoms with Crippen LogP contribution in [0.15, 0.2) is 23.4 Å². The average molecular weight is 235 g/mol. The van der Waals surface area contributed by atoms with Gasteiger partial charge in [-0.15, -0.1) is 0 Å². The Morgan fingerprint density at radius 1 is 1.35 bits per heavy atom. The standard InChI is InChI=1S/C16H29N/c1-6-7-9-14-15(12-13(2)3)17-11-8-10-16(14,4)5/h7,9,13,17H,6,8,10-12H2,1-5H3/b9-7-. The van der Waals surface area contributed by atoms with Crippen molar-refractivity contribution in [3.05, 3.63) is 23.4 Å². The van der Waals surface area contributed by atoms with E-state index in [-0.39, 0.29) is 0 Å². The van der Waals surface area contributed by atoms with E-state index in [9.17, 15) is 0 Å². The zero-order chi connectivity index (χ0) is 12.9. The molecule has 0 saturated carbocycles. The molecule has 0 fully saturated rings. The first-order chi connectivity index (χ1) is 7.97. The van der Waals surface area contributed by atoms with E-state index in [1.165, 1.54) is 30.5 Å². The van der Waals surface area contributed by atoms with Gasteiger partial charge < -0.3 is 5.32 Å². The molecule has 1 aliphatic rings. The first-order valence-electron chi connectivity index (χ1n) is 7.11. The van der Waals surface area contributed by atoms with Gasteiger partial charge in [-0.2, -0.15) is 0 Å². The number of nitrogens with one attached hydrogen (secondary N) is 1. The van der Waals surface area contributed by atoms with Crippen molar-refractivity contribution >= 4 is 0 Å². The van der Waals surface area contributed by atoms with Gasteiger partial charge in [0, 0.05) is 12.2 Å². The van der Waals surface area contributed by atoms with Crippen LogP contribution in [-0.2, 0) is 0 Å². The maximum absolute atomic E-state index is 3.66. The number of rotatable bonds is 4. The number of hydrogen-bond acceptors (Lipinski definition) is 1. The van der Waals surface area contributed by atoms with Gasteiger partial charge in [-0.1, -0.05) is 46.8 Å². The van der Waals surface area contributed by atoms with Gasteiger partial charge in [0.05, 0.1) is 0 Å². The highest BCUT2D eigenvalue weighted by Gasteiger charge is 2.26. The van der Waals surface area contributed by atoms with Crippen molar-refractivity contribution in [3.8, 4) is 0 Å². The maximum atomic E-state index is 3.66. The molecule has 1 aliphatic heterocycles. The summed E-state index contributed by atoms with van der Waals surface area (Å²) in [5, 5.41) is 3.66. The van der Waals surface area contributed by atoms with E-state index in [2.05, 4.69) is 52.1 Å². The summed E-state index contributed by atoms with van der Waals surface area (Å²) in [4.78, 5) is 0. The Morgan fingerprint density at radius 2 is 2.06 bits per heavy atom. The van der Waals surface area contributed by atoms with Crippen LogP contribution >= 0.6 is 0 Å². The van der Waals surface area contributed by atoms with Gasteiger partial charge in [0.15, 0.2) is 0 Å². The van der Waals surface area contributed by atoms with Gasteiger partial charge in [-0.3, -0.25) is 0 Å².